The van der Waals surface area contributed by atoms with Crippen molar-refractivity contribution in [2.45, 2.75) is 63.8 Å². The molecule has 2 fully saturated rings. The fraction of sp³-hybridized carbons (Fsp3) is 0.933. The molecular weight excluding hydrogens is 272 g/mol. The van der Waals surface area contributed by atoms with Crippen molar-refractivity contribution < 1.29 is 19.4 Å². The average molecular weight is 300 g/mol. The van der Waals surface area contributed by atoms with Crippen LogP contribution in [0.1, 0.15) is 40.0 Å². The van der Waals surface area contributed by atoms with E-state index in [1.165, 1.54) is 0 Å². The molecular formula is C15H28N2O4. The zero-order valence-corrected chi connectivity index (χ0v) is 13.3. The highest BCUT2D eigenvalue weighted by molar-refractivity contribution is 5.68. The van der Waals surface area contributed by atoms with Crippen LogP contribution < -0.4 is 5.32 Å². The van der Waals surface area contributed by atoms with Crippen LogP contribution in [0.4, 0.5) is 4.79 Å². The first kappa shape index (κ1) is 16.5. The maximum atomic E-state index is 12.0. The Balaban J connectivity index is 1.74. The van der Waals surface area contributed by atoms with Gasteiger partial charge in [0.15, 0.2) is 0 Å². The lowest BCUT2D eigenvalue weighted by molar-refractivity contribution is -0.0326. The third-order valence-electron chi connectivity index (χ3n) is 3.92. The number of ether oxygens (including phenoxy) is 2. The number of carbonyl (C=O) groups excluding carboxylic acids is 1. The Morgan fingerprint density at radius 1 is 1.29 bits per heavy atom. The highest BCUT2D eigenvalue weighted by atomic mass is 16.6. The molecule has 1 amide bonds. The van der Waals surface area contributed by atoms with E-state index in [2.05, 4.69) is 5.32 Å². The molecule has 0 aromatic rings. The van der Waals surface area contributed by atoms with E-state index < -0.39 is 11.7 Å². The monoisotopic (exact) mass is 300 g/mol. The van der Waals surface area contributed by atoms with Gasteiger partial charge in [-0.3, -0.25) is 0 Å². The van der Waals surface area contributed by atoms with E-state index in [9.17, 15) is 9.90 Å². The summed E-state index contributed by atoms with van der Waals surface area (Å²) in [7, 11) is 0. The number of piperidine rings is 1. The van der Waals surface area contributed by atoms with Crippen molar-refractivity contribution in [3.05, 3.63) is 0 Å². The molecule has 2 atom stereocenters. The summed E-state index contributed by atoms with van der Waals surface area (Å²) < 4.78 is 10.6. The Morgan fingerprint density at radius 3 is 2.52 bits per heavy atom. The molecule has 122 valence electrons. The van der Waals surface area contributed by atoms with E-state index in [0.29, 0.717) is 32.3 Å². The topological polar surface area (TPSA) is 71.0 Å². The van der Waals surface area contributed by atoms with Gasteiger partial charge in [-0.15, -0.1) is 0 Å². The van der Waals surface area contributed by atoms with Gasteiger partial charge in [0.2, 0.25) is 0 Å². The maximum Gasteiger partial charge on any atom is 0.410 e. The van der Waals surface area contributed by atoms with Crippen molar-refractivity contribution in [3.63, 3.8) is 0 Å². The summed E-state index contributed by atoms with van der Waals surface area (Å²) in [6.45, 7) is 8.15. The van der Waals surface area contributed by atoms with Crippen molar-refractivity contribution >= 4 is 6.09 Å². The molecule has 0 radical (unpaired) electrons. The largest absolute Gasteiger partial charge is 0.444 e. The summed E-state index contributed by atoms with van der Waals surface area (Å²) in [5, 5.41) is 13.4. The molecule has 2 aliphatic heterocycles. The van der Waals surface area contributed by atoms with Crippen molar-refractivity contribution in [2.75, 3.05) is 26.3 Å². The summed E-state index contributed by atoms with van der Waals surface area (Å²) in [5.74, 6) is 0. The second kappa shape index (κ2) is 6.94. The number of hydrogen-bond donors (Lipinski definition) is 2. The summed E-state index contributed by atoms with van der Waals surface area (Å²) in [6, 6.07) is 0.457. The molecule has 2 unspecified atom stereocenters. The molecule has 0 saturated carbocycles. The average Bonchev–Trinajstić information content (AvgIpc) is 2.40. The lowest BCUT2D eigenvalue weighted by Crippen LogP contribution is -2.53. The van der Waals surface area contributed by atoms with Crippen LogP contribution >= 0.6 is 0 Å². The van der Waals surface area contributed by atoms with Gasteiger partial charge in [-0.2, -0.15) is 0 Å². The number of carbonyl (C=O) groups is 1. The van der Waals surface area contributed by atoms with Crippen molar-refractivity contribution in [3.8, 4) is 0 Å². The lowest BCUT2D eigenvalue weighted by atomic mass is 10.00. The smallest absolute Gasteiger partial charge is 0.410 e. The minimum atomic E-state index is -0.446. The predicted molar refractivity (Wildman–Crippen MR) is 79.2 cm³/mol. The first-order valence-electron chi connectivity index (χ1n) is 7.85. The van der Waals surface area contributed by atoms with Crippen LogP contribution in [0.5, 0.6) is 0 Å². The molecule has 2 rings (SSSR count). The lowest BCUT2D eigenvalue weighted by Gasteiger charge is -2.37. The van der Waals surface area contributed by atoms with Gasteiger partial charge in [-0.05, 0) is 40.0 Å². The van der Waals surface area contributed by atoms with E-state index in [0.717, 1.165) is 19.3 Å². The van der Waals surface area contributed by atoms with E-state index in [1.54, 1.807) is 4.90 Å². The first-order valence-corrected chi connectivity index (χ1v) is 7.85. The van der Waals surface area contributed by atoms with Crippen molar-refractivity contribution in [1.29, 1.82) is 0 Å². The number of amides is 1. The van der Waals surface area contributed by atoms with Gasteiger partial charge < -0.3 is 24.8 Å². The number of hydrogen-bond acceptors (Lipinski definition) is 5. The van der Waals surface area contributed by atoms with Crippen LogP contribution in [-0.4, -0.2) is 66.2 Å². The summed E-state index contributed by atoms with van der Waals surface area (Å²) in [5.41, 5.74) is -0.446. The van der Waals surface area contributed by atoms with E-state index in [-0.39, 0.29) is 12.1 Å². The van der Waals surface area contributed by atoms with Crippen molar-refractivity contribution in [1.82, 2.24) is 10.2 Å². The van der Waals surface area contributed by atoms with E-state index in [4.69, 9.17) is 9.47 Å². The Morgan fingerprint density at radius 2 is 1.95 bits per heavy atom. The van der Waals surface area contributed by atoms with E-state index in [1.807, 2.05) is 20.8 Å². The number of rotatable bonds is 2. The number of aliphatic hydroxyl groups is 1. The second-order valence-corrected chi connectivity index (χ2v) is 6.95. The number of aliphatic hydroxyl groups excluding tert-OH is 1. The predicted octanol–water partition coefficient (Wildman–Crippen LogP) is 1.13. The number of likely N-dealkylation sites (tertiary alicyclic amines) is 1. The molecule has 6 heteroatoms. The Hall–Kier alpha value is -0.850. The minimum Gasteiger partial charge on any atom is -0.444 e. The zero-order valence-electron chi connectivity index (χ0n) is 13.3. The normalized spacial score (nSPS) is 28.5. The van der Waals surface area contributed by atoms with Crippen LogP contribution in [0.3, 0.4) is 0 Å². The summed E-state index contributed by atoms with van der Waals surface area (Å²) in [4.78, 5) is 13.8. The molecule has 2 saturated heterocycles. The van der Waals surface area contributed by atoms with Crippen molar-refractivity contribution in [2.24, 2.45) is 0 Å². The fourth-order valence-electron chi connectivity index (χ4n) is 2.78. The van der Waals surface area contributed by atoms with E-state index >= 15 is 0 Å². The zero-order chi connectivity index (χ0) is 15.5. The molecule has 6 nitrogen and oxygen atoms in total. The highest BCUT2D eigenvalue weighted by Crippen LogP contribution is 2.17. The van der Waals surface area contributed by atoms with Gasteiger partial charge in [0.05, 0.1) is 12.7 Å². The molecule has 21 heavy (non-hydrogen) atoms. The van der Waals surface area contributed by atoms with Crippen LogP contribution in [0, 0.1) is 0 Å². The number of nitrogens with one attached hydrogen (secondary N) is 1. The summed E-state index contributed by atoms with van der Waals surface area (Å²) >= 11 is 0. The molecule has 0 aromatic carbocycles. The van der Waals surface area contributed by atoms with Crippen LogP contribution in [0.15, 0.2) is 0 Å². The third-order valence-corrected chi connectivity index (χ3v) is 3.92. The van der Waals surface area contributed by atoms with Gasteiger partial charge in [0.1, 0.15) is 5.60 Å². The van der Waals surface area contributed by atoms with Gasteiger partial charge in [-0.1, -0.05) is 0 Å². The quantitative estimate of drug-likeness (QED) is 0.800. The summed E-state index contributed by atoms with van der Waals surface area (Å²) in [6.07, 6.45) is 1.97. The molecule has 2 heterocycles. The first-order chi connectivity index (χ1) is 9.85. The molecule has 0 aliphatic carbocycles. The van der Waals surface area contributed by atoms with Crippen LogP contribution in [0.2, 0.25) is 0 Å². The molecule has 0 bridgehead atoms. The molecule has 2 aliphatic rings. The van der Waals surface area contributed by atoms with Gasteiger partial charge in [0.25, 0.3) is 0 Å². The Kier molecular flexibility index (Phi) is 5.46. The van der Waals surface area contributed by atoms with Crippen LogP contribution in [0.25, 0.3) is 0 Å². The van der Waals surface area contributed by atoms with Crippen LogP contribution in [-0.2, 0) is 9.47 Å². The second-order valence-electron chi connectivity index (χ2n) is 6.95. The SMILES string of the molecule is CC(C)(C)OC(=O)N1CCC(NC2CCOCC2O)CC1. The maximum absolute atomic E-state index is 12.0. The molecule has 0 aromatic heterocycles. The molecule has 2 N–H and O–H groups in total. The standard InChI is InChI=1S/C15H28N2O4/c1-15(2,3)21-14(19)17-7-4-11(5-8-17)16-12-6-9-20-10-13(12)18/h11-13,16,18H,4-10H2,1-3H3. The third kappa shape index (κ3) is 5.13. The fourth-order valence-corrected chi connectivity index (χ4v) is 2.78. The highest BCUT2D eigenvalue weighted by Gasteiger charge is 2.30. The van der Waals surface area contributed by atoms with Gasteiger partial charge in [-0.25, -0.2) is 4.79 Å². The number of nitrogens with zero attached hydrogens (tertiary/aromatic N) is 1. The van der Waals surface area contributed by atoms with Gasteiger partial charge in [0, 0.05) is 31.8 Å². The minimum absolute atomic E-state index is 0.108. The Bertz CT molecular complexity index is 348. The Labute approximate surface area is 126 Å². The van der Waals surface area contributed by atoms with Gasteiger partial charge >= 0.3 is 6.09 Å². The molecule has 0 spiro atoms.